The van der Waals surface area contributed by atoms with Gasteiger partial charge < -0.3 is 14.8 Å². The number of hydrogen-bond acceptors (Lipinski definition) is 4. The van der Waals surface area contributed by atoms with E-state index in [2.05, 4.69) is 5.32 Å². The molecule has 1 heterocycles. The van der Waals surface area contributed by atoms with Crippen molar-refractivity contribution in [2.45, 2.75) is 19.1 Å². The quantitative estimate of drug-likeness (QED) is 0.874. The zero-order valence-corrected chi connectivity index (χ0v) is 12.4. The Hall–Kier alpha value is -2.96. The molecule has 7 heteroatoms. The smallest absolute Gasteiger partial charge is 0.310 e. The fraction of sp³-hybridized carbons (Fsp3) is 0.176. The van der Waals surface area contributed by atoms with Gasteiger partial charge in [0, 0.05) is 5.56 Å². The number of benzene rings is 2. The van der Waals surface area contributed by atoms with Gasteiger partial charge in [-0.15, -0.1) is 0 Å². The molecule has 0 bridgehead atoms. The summed E-state index contributed by atoms with van der Waals surface area (Å²) in [7, 11) is 0. The Labute approximate surface area is 136 Å². The van der Waals surface area contributed by atoms with Crippen LogP contribution in [0.15, 0.2) is 42.5 Å². The summed E-state index contributed by atoms with van der Waals surface area (Å²) in [6.07, 6.45) is -1.37. The number of rotatable bonds is 4. The molecule has 1 amide bonds. The van der Waals surface area contributed by atoms with Crippen molar-refractivity contribution in [2.75, 3.05) is 5.32 Å². The Kier molecular flexibility index (Phi) is 4.41. The summed E-state index contributed by atoms with van der Waals surface area (Å²) in [4.78, 5) is 23.8. The van der Waals surface area contributed by atoms with Crippen molar-refractivity contribution in [1.82, 2.24) is 0 Å². The molecule has 0 radical (unpaired) electrons. The molecule has 0 aliphatic carbocycles. The van der Waals surface area contributed by atoms with E-state index in [1.165, 1.54) is 12.1 Å². The molecule has 1 aliphatic heterocycles. The topological polar surface area (TPSA) is 64.6 Å². The van der Waals surface area contributed by atoms with Gasteiger partial charge in [-0.25, -0.2) is 8.78 Å². The van der Waals surface area contributed by atoms with Crippen molar-refractivity contribution in [1.29, 1.82) is 0 Å². The van der Waals surface area contributed by atoms with Gasteiger partial charge >= 0.3 is 5.97 Å². The third-order valence-corrected chi connectivity index (χ3v) is 3.48. The van der Waals surface area contributed by atoms with Crippen LogP contribution in [0, 0.1) is 11.6 Å². The third-order valence-electron chi connectivity index (χ3n) is 3.48. The largest absolute Gasteiger partial charge is 0.478 e. The summed E-state index contributed by atoms with van der Waals surface area (Å²) < 4.78 is 36.9. The molecule has 24 heavy (non-hydrogen) atoms. The molecule has 1 atom stereocenters. The van der Waals surface area contributed by atoms with Gasteiger partial charge in [0.05, 0.1) is 12.1 Å². The van der Waals surface area contributed by atoms with E-state index >= 15 is 0 Å². The number of esters is 1. The van der Waals surface area contributed by atoms with Crippen LogP contribution in [0.3, 0.4) is 0 Å². The summed E-state index contributed by atoms with van der Waals surface area (Å²) in [5, 5.41) is 2.62. The number of anilines is 1. The van der Waals surface area contributed by atoms with Crippen LogP contribution in [-0.2, 0) is 20.9 Å². The SMILES string of the molecule is O=C(C[C@@H]1Oc2ccccc2NC1=O)OCc1cccc(F)c1F. The molecule has 0 aromatic heterocycles. The first kappa shape index (κ1) is 15.9. The van der Waals surface area contributed by atoms with E-state index in [1.807, 2.05) is 0 Å². The first-order valence-corrected chi connectivity index (χ1v) is 7.19. The van der Waals surface area contributed by atoms with Crippen LogP contribution in [0.1, 0.15) is 12.0 Å². The van der Waals surface area contributed by atoms with E-state index in [1.54, 1.807) is 24.3 Å². The lowest BCUT2D eigenvalue weighted by Gasteiger charge is -2.25. The van der Waals surface area contributed by atoms with Crippen LogP contribution in [0.2, 0.25) is 0 Å². The summed E-state index contributed by atoms with van der Waals surface area (Å²) in [5.74, 6) is -2.85. The van der Waals surface area contributed by atoms with E-state index in [9.17, 15) is 18.4 Å². The molecule has 2 aromatic rings. The second-order valence-corrected chi connectivity index (χ2v) is 5.17. The van der Waals surface area contributed by atoms with Gasteiger partial charge in [0.2, 0.25) is 0 Å². The minimum absolute atomic E-state index is 0.0808. The number of carbonyl (C=O) groups is 2. The molecule has 3 rings (SSSR count). The highest BCUT2D eigenvalue weighted by Gasteiger charge is 2.30. The first-order chi connectivity index (χ1) is 11.5. The van der Waals surface area contributed by atoms with Crippen molar-refractivity contribution in [2.24, 2.45) is 0 Å². The van der Waals surface area contributed by atoms with Crippen LogP contribution in [0.25, 0.3) is 0 Å². The predicted octanol–water partition coefficient (Wildman–Crippen LogP) is 2.80. The number of hydrogen-bond donors (Lipinski definition) is 1. The Bertz CT molecular complexity index is 794. The molecule has 0 saturated heterocycles. The highest BCUT2D eigenvalue weighted by molar-refractivity contribution is 5.99. The molecule has 0 unspecified atom stereocenters. The van der Waals surface area contributed by atoms with Crippen molar-refractivity contribution in [3.63, 3.8) is 0 Å². The van der Waals surface area contributed by atoms with E-state index < -0.39 is 36.2 Å². The van der Waals surface area contributed by atoms with Gasteiger partial charge in [-0.1, -0.05) is 24.3 Å². The van der Waals surface area contributed by atoms with Gasteiger partial charge in [0.15, 0.2) is 17.7 Å². The second kappa shape index (κ2) is 6.66. The summed E-state index contributed by atoms with van der Waals surface area (Å²) in [5.41, 5.74) is 0.441. The molecular weight excluding hydrogens is 320 g/mol. The normalized spacial score (nSPS) is 15.9. The molecular formula is C17H13F2NO4. The summed E-state index contributed by atoms with van der Waals surface area (Å²) in [6.45, 7) is -0.423. The Morgan fingerprint density at radius 2 is 1.96 bits per heavy atom. The van der Waals surface area contributed by atoms with Gasteiger partial charge in [-0.2, -0.15) is 0 Å². The van der Waals surface area contributed by atoms with E-state index in [0.717, 1.165) is 6.07 Å². The zero-order chi connectivity index (χ0) is 17.1. The Morgan fingerprint density at radius 3 is 2.79 bits per heavy atom. The van der Waals surface area contributed by atoms with Crippen molar-refractivity contribution >= 4 is 17.6 Å². The maximum absolute atomic E-state index is 13.5. The lowest BCUT2D eigenvalue weighted by molar-refractivity contribution is -0.149. The van der Waals surface area contributed by atoms with Gasteiger partial charge in [-0.05, 0) is 18.2 Å². The van der Waals surface area contributed by atoms with E-state index in [4.69, 9.17) is 9.47 Å². The number of nitrogens with one attached hydrogen (secondary N) is 1. The molecule has 0 saturated carbocycles. The maximum Gasteiger partial charge on any atom is 0.310 e. The molecule has 5 nitrogen and oxygen atoms in total. The minimum Gasteiger partial charge on any atom is -0.478 e. The van der Waals surface area contributed by atoms with Gasteiger partial charge in [0.1, 0.15) is 12.4 Å². The maximum atomic E-state index is 13.5. The molecule has 1 aliphatic rings. The van der Waals surface area contributed by atoms with Crippen LogP contribution in [0.5, 0.6) is 5.75 Å². The standard InChI is InChI=1S/C17H13F2NO4/c18-11-5-3-4-10(16(11)19)9-23-15(21)8-14-17(22)20-12-6-1-2-7-13(12)24-14/h1-7,14H,8-9H2,(H,20,22)/t14-/m0/s1. The van der Waals surface area contributed by atoms with Crippen molar-refractivity contribution in [3.05, 3.63) is 59.7 Å². The van der Waals surface area contributed by atoms with Gasteiger partial charge in [-0.3, -0.25) is 9.59 Å². The van der Waals surface area contributed by atoms with Crippen LogP contribution >= 0.6 is 0 Å². The predicted molar refractivity (Wildman–Crippen MR) is 80.3 cm³/mol. The average molecular weight is 333 g/mol. The molecule has 124 valence electrons. The summed E-state index contributed by atoms with van der Waals surface area (Å²) in [6, 6.07) is 10.4. The molecule has 0 spiro atoms. The highest BCUT2D eigenvalue weighted by Crippen LogP contribution is 2.29. The van der Waals surface area contributed by atoms with Crippen LogP contribution in [0.4, 0.5) is 14.5 Å². The van der Waals surface area contributed by atoms with E-state index in [0.29, 0.717) is 11.4 Å². The minimum atomic E-state index is -1.06. The number of ether oxygens (including phenoxy) is 2. The van der Waals surface area contributed by atoms with E-state index in [-0.39, 0.29) is 12.0 Å². The highest BCUT2D eigenvalue weighted by atomic mass is 19.2. The number of para-hydroxylation sites is 2. The zero-order valence-electron chi connectivity index (χ0n) is 12.4. The fourth-order valence-electron chi connectivity index (χ4n) is 2.26. The molecule has 2 aromatic carbocycles. The Morgan fingerprint density at radius 1 is 1.17 bits per heavy atom. The summed E-state index contributed by atoms with van der Waals surface area (Å²) >= 11 is 0. The number of carbonyl (C=O) groups excluding carboxylic acids is 2. The van der Waals surface area contributed by atoms with Crippen molar-refractivity contribution < 1.29 is 27.8 Å². The lowest BCUT2D eigenvalue weighted by Crippen LogP contribution is -2.38. The number of amides is 1. The monoisotopic (exact) mass is 333 g/mol. The second-order valence-electron chi connectivity index (χ2n) is 5.17. The number of halogens is 2. The van der Waals surface area contributed by atoms with Crippen molar-refractivity contribution in [3.8, 4) is 5.75 Å². The fourth-order valence-corrected chi connectivity index (χ4v) is 2.26. The average Bonchev–Trinajstić information content (AvgIpc) is 2.57. The number of fused-ring (bicyclic) bond motifs is 1. The molecule has 1 N–H and O–H groups in total. The lowest BCUT2D eigenvalue weighted by atomic mass is 10.1. The third kappa shape index (κ3) is 3.34. The Balaban J connectivity index is 1.59. The molecule has 0 fully saturated rings. The van der Waals surface area contributed by atoms with Crippen LogP contribution in [-0.4, -0.2) is 18.0 Å². The first-order valence-electron chi connectivity index (χ1n) is 7.19. The van der Waals surface area contributed by atoms with Crippen LogP contribution < -0.4 is 10.1 Å². The van der Waals surface area contributed by atoms with Gasteiger partial charge in [0.25, 0.3) is 5.91 Å².